The van der Waals surface area contributed by atoms with Crippen LogP contribution < -0.4 is 0 Å². The lowest BCUT2D eigenvalue weighted by Crippen LogP contribution is -2.10. The van der Waals surface area contributed by atoms with E-state index in [0.717, 1.165) is 6.21 Å². The highest BCUT2D eigenvalue weighted by Gasteiger charge is 2.36. The Labute approximate surface area is 143 Å². The number of aryl methyl sites for hydroxylation is 1. The molecule has 1 aromatic heterocycles. The molecule has 2 aromatic rings. The predicted molar refractivity (Wildman–Crippen MR) is 80.3 cm³/mol. The van der Waals surface area contributed by atoms with Crippen LogP contribution in [0.4, 0.5) is 32.0 Å². The minimum absolute atomic E-state index is 0.00771. The van der Waals surface area contributed by atoms with Crippen molar-refractivity contribution in [2.45, 2.75) is 25.9 Å². The maximum Gasteiger partial charge on any atom is 0.416 e. The molecule has 2 N–H and O–H groups in total. The molecule has 0 aliphatic heterocycles. The summed E-state index contributed by atoms with van der Waals surface area (Å²) in [6.45, 7) is 0.873. The molecule has 0 saturated heterocycles. The largest absolute Gasteiger partial charge is 0.505 e. The molecule has 0 amide bonds. The fraction of sp³-hybridized carbons (Fsp3) is 0.250. The number of aromatic nitrogens is 1. The van der Waals surface area contributed by atoms with Crippen molar-refractivity contribution in [3.63, 3.8) is 0 Å². The number of hydrogen-bond acceptors (Lipinski definition) is 4. The van der Waals surface area contributed by atoms with Gasteiger partial charge in [-0.05, 0) is 25.1 Å². The van der Waals surface area contributed by atoms with E-state index in [0.29, 0.717) is 12.1 Å². The number of pyridine rings is 1. The van der Waals surface area contributed by atoms with E-state index in [9.17, 15) is 36.6 Å². The van der Waals surface area contributed by atoms with Crippen LogP contribution in [0, 0.1) is 6.92 Å². The quantitative estimate of drug-likeness (QED) is 0.616. The molecule has 0 radical (unpaired) electrons. The highest BCUT2D eigenvalue weighted by Crippen LogP contribution is 2.38. The van der Waals surface area contributed by atoms with Crippen molar-refractivity contribution in [1.29, 1.82) is 0 Å². The number of hydrogen-bond donors (Lipinski definition) is 2. The zero-order valence-electron chi connectivity index (χ0n) is 13.2. The average molecular weight is 378 g/mol. The van der Waals surface area contributed by atoms with Gasteiger partial charge in [-0.25, -0.2) is 0 Å². The Morgan fingerprint density at radius 1 is 1.04 bits per heavy atom. The van der Waals surface area contributed by atoms with Crippen LogP contribution in [-0.2, 0) is 19.0 Å². The summed E-state index contributed by atoms with van der Waals surface area (Å²) < 4.78 is 77.0. The molecule has 1 heterocycles. The number of aliphatic hydroxyl groups excluding tert-OH is 1. The molecule has 0 unspecified atom stereocenters. The molecule has 10 heteroatoms. The van der Waals surface area contributed by atoms with E-state index < -0.39 is 35.8 Å². The number of nitrogens with zero attached hydrogens (tertiary/aromatic N) is 2. The van der Waals surface area contributed by atoms with Gasteiger partial charge < -0.3 is 10.2 Å². The Morgan fingerprint density at radius 3 is 2.04 bits per heavy atom. The molecule has 0 aliphatic rings. The van der Waals surface area contributed by atoms with Crippen molar-refractivity contribution in [3.05, 3.63) is 52.3 Å². The van der Waals surface area contributed by atoms with Gasteiger partial charge in [0.15, 0.2) is 0 Å². The van der Waals surface area contributed by atoms with Crippen LogP contribution in [0.1, 0.15) is 27.9 Å². The highest BCUT2D eigenvalue weighted by atomic mass is 19.4. The first-order valence-corrected chi connectivity index (χ1v) is 7.05. The molecule has 0 fully saturated rings. The van der Waals surface area contributed by atoms with E-state index in [-0.39, 0.29) is 28.6 Å². The van der Waals surface area contributed by atoms with Crippen molar-refractivity contribution in [1.82, 2.24) is 4.98 Å². The van der Waals surface area contributed by atoms with Crippen LogP contribution in [0.3, 0.4) is 0 Å². The van der Waals surface area contributed by atoms with Gasteiger partial charge in [0.05, 0.1) is 29.1 Å². The van der Waals surface area contributed by atoms with E-state index in [2.05, 4.69) is 9.98 Å². The molecule has 1 aromatic carbocycles. The van der Waals surface area contributed by atoms with Gasteiger partial charge in [-0.1, -0.05) is 0 Å². The standard InChI is InChI=1S/C16H12F6N2O2/c1-8-14(26)13(9(7-25)5-23-8)6-24-12-3-10(15(17,18)19)2-11(4-12)16(20,21)22/h2-6,25-26H,7H2,1H3. The molecule has 0 spiro atoms. The Morgan fingerprint density at radius 2 is 1.58 bits per heavy atom. The second kappa shape index (κ2) is 6.94. The summed E-state index contributed by atoms with van der Waals surface area (Å²) in [5.41, 5.74) is -3.40. The molecule has 0 bridgehead atoms. The molecule has 0 aliphatic carbocycles. The van der Waals surface area contributed by atoms with Crippen LogP contribution in [0.15, 0.2) is 29.4 Å². The zero-order valence-corrected chi connectivity index (χ0v) is 13.2. The molecular formula is C16H12F6N2O2. The number of alkyl halides is 6. The van der Waals surface area contributed by atoms with E-state index in [1.165, 1.54) is 13.1 Å². The molecule has 2 rings (SSSR count). The lowest BCUT2D eigenvalue weighted by Gasteiger charge is -2.12. The van der Waals surface area contributed by atoms with Crippen molar-refractivity contribution in [2.24, 2.45) is 4.99 Å². The first-order valence-electron chi connectivity index (χ1n) is 7.05. The van der Waals surface area contributed by atoms with Gasteiger partial charge in [-0.2, -0.15) is 26.3 Å². The molecule has 140 valence electrons. The third kappa shape index (κ3) is 4.31. The molecule has 0 saturated carbocycles. The van der Waals surface area contributed by atoms with E-state index in [1.807, 2.05) is 0 Å². The van der Waals surface area contributed by atoms with E-state index >= 15 is 0 Å². The average Bonchev–Trinajstić information content (AvgIpc) is 2.54. The summed E-state index contributed by atoms with van der Waals surface area (Å²) in [5.74, 6) is -0.386. The van der Waals surface area contributed by atoms with Gasteiger partial charge in [-0.15, -0.1) is 0 Å². The summed E-state index contributed by atoms with van der Waals surface area (Å²) in [7, 11) is 0. The highest BCUT2D eigenvalue weighted by molar-refractivity contribution is 5.87. The van der Waals surface area contributed by atoms with Crippen LogP contribution in [0.25, 0.3) is 0 Å². The predicted octanol–water partition coefficient (Wildman–Crippen LogP) is 4.38. The molecule has 26 heavy (non-hydrogen) atoms. The summed E-state index contributed by atoms with van der Waals surface area (Å²) in [6, 6.07) is 0.900. The summed E-state index contributed by atoms with van der Waals surface area (Å²) in [4.78, 5) is 7.40. The normalized spacial score (nSPS) is 12.8. The Balaban J connectivity index is 2.56. The van der Waals surface area contributed by atoms with Crippen LogP contribution in [-0.4, -0.2) is 21.4 Å². The number of aliphatic imine (C=N–C) groups is 1. The second-order valence-electron chi connectivity index (χ2n) is 5.31. The summed E-state index contributed by atoms with van der Waals surface area (Å²) in [6.07, 6.45) is -7.89. The van der Waals surface area contributed by atoms with Crippen molar-refractivity contribution in [2.75, 3.05) is 0 Å². The van der Waals surface area contributed by atoms with Crippen LogP contribution >= 0.6 is 0 Å². The van der Waals surface area contributed by atoms with E-state index in [4.69, 9.17) is 0 Å². The number of benzene rings is 1. The first kappa shape index (κ1) is 19.7. The topological polar surface area (TPSA) is 65.7 Å². The van der Waals surface area contributed by atoms with Gasteiger partial charge in [0.25, 0.3) is 0 Å². The van der Waals surface area contributed by atoms with Crippen molar-refractivity contribution >= 4 is 11.9 Å². The molecule has 4 nitrogen and oxygen atoms in total. The molecule has 0 atom stereocenters. The Kier molecular flexibility index (Phi) is 5.26. The zero-order chi connectivity index (χ0) is 19.7. The maximum absolute atomic E-state index is 12.8. The van der Waals surface area contributed by atoms with Gasteiger partial charge in [-0.3, -0.25) is 9.98 Å². The lowest BCUT2D eigenvalue weighted by atomic mass is 10.1. The third-order valence-electron chi connectivity index (χ3n) is 3.44. The minimum atomic E-state index is -4.99. The Bertz CT molecular complexity index is 812. The smallest absolute Gasteiger partial charge is 0.416 e. The monoisotopic (exact) mass is 378 g/mol. The fourth-order valence-corrected chi connectivity index (χ4v) is 2.07. The number of halogens is 6. The lowest BCUT2D eigenvalue weighted by molar-refractivity contribution is -0.143. The SMILES string of the molecule is Cc1ncc(CO)c(C=Nc2cc(C(F)(F)F)cc(C(F)(F)F)c2)c1O. The number of rotatable bonds is 3. The molecular weight excluding hydrogens is 366 g/mol. The van der Waals surface area contributed by atoms with Crippen molar-refractivity contribution < 1.29 is 36.6 Å². The van der Waals surface area contributed by atoms with Gasteiger partial charge >= 0.3 is 12.4 Å². The summed E-state index contributed by atoms with van der Waals surface area (Å²) >= 11 is 0. The van der Waals surface area contributed by atoms with E-state index in [1.54, 1.807) is 0 Å². The van der Waals surface area contributed by atoms with Gasteiger partial charge in [0, 0.05) is 23.5 Å². The summed E-state index contributed by atoms with van der Waals surface area (Å²) in [5, 5.41) is 19.2. The van der Waals surface area contributed by atoms with Gasteiger partial charge in [0.2, 0.25) is 0 Å². The van der Waals surface area contributed by atoms with Gasteiger partial charge in [0.1, 0.15) is 5.75 Å². The number of aromatic hydroxyl groups is 1. The third-order valence-corrected chi connectivity index (χ3v) is 3.44. The first-order chi connectivity index (χ1) is 11.9. The van der Waals surface area contributed by atoms with Crippen LogP contribution in [0.2, 0.25) is 0 Å². The minimum Gasteiger partial charge on any atom is -0.505 e. The van der Waals surface area contributed by atoms with Crippen molar-refractivity contribution in [3.8, 4) is 5.75 Å². The maximum atomic E-state index is 12.8. The second-order valence-corrected chi connectivity index (χ2v) is 5.31. The van der Waals surface area contributed by atoms with Crippen LogP contribution in [0.5, 0.6) is 5.75 Å². The fourth-order valence-electron chi connectivity index (χ4n) is 2.07. The number of aliphatic hydroxyl groups is 1. The Hall–Kier alpha value is -2.62.